The monoisotopic (exact) mass is 444 g/mol. The SMILES string of the molecule is CCOCCCN1C(=O)C(Nc2cc(Cl)ccc2OC)=C(c2ccc(OC)cc2)C1=O. The molecule has 0 unspecified atom stereocenters. The third-order valence-electron chi connectivity index (χ3n) is 4.84. The van der Waals surface area contributed by atoms with Crippen molar-refractivity contribution in [3.63, 3.8) is 0 Å². The molecule has 0 radical (unpaired) electrons. The number of anilines is 1. The Labute approximate surface area is 186 Å². The van der Waals surface area contributed by atoms with Gasteiger partial charge in [-0.15, -0.1) is 0 Å². The van der Waals surface area contributed by atoms with Crippen LogP contribution in [0.4, 0.5) is 5.69 Å². The zero-order chi connectivity index (χ0) is 22.4. The molecule has 7 nitrogen and oxygen atoms in total. The first-order valence-electron chi connectivity index (χ1n) is 9.93. The van der Waals surface area contributed by atoms with Crippen LogP contribution in [0.1, 0.15) is 18.9 Å². The highest BCUT2D eigenvalue weighted by molar-refractivity contribution is 6.36. The molecule has 0 bridgehead atoms. The average molecular weight is 445 g/mol. The molecule has 1 heterocycles. The van der Waals surface area contributed by atoms with Crippen LogP contribution in [0.3, 0.4) is 0 Å². The molecule has 1 aliphatic heterocycles. The van der Waals surface area contributed by atoms with E-state index in [1.54, 1.807) is 49.6 Å². The predicted molar refractivity (Wildman–Crippen MR) is 119 cm³/mol. The normalized spacial score (nSPS) is 13.7. The summed E-state index contributed by atoms with van der Waals surface area (Å²) in [5.74, 6) is 0.381. The second-order valence-corrected chi connectivity index (χ2v) is 7.20. The molecule has 0 atom stereocenters. The second-order valence-electron chi connectivity index (χ2n) is 6.76. The summed E-state index contributed by atoms with van der Waals surface area (Å²) in [6.45, 7) is 3.21. The summed E-state index contributed by atoms with van der Waals surface area (Å²) < 4.78 is 15.9. The van der Waals surface area contributed by atoms with Crippen LogP contribution in [0, 0.1) is 0 Å². The molecule has 0 saturated carbocycles. The lowest BCUT2D eigenvalue weighted by molar-refractivity contribution is -0.137. The summed E-state index contributed by atoms with van der Waals surface area (Å²) in [6.07, 6.45) is 0.551. The fourth-order valence-electron chi connectivity index (χ4n) is 3.30. The number of carbonyl (C=O) groups excluding carboxylic acids is 2. The van der Waals surface area contributed by atoms with Crippen LogP contribution >= 0.6 is 11.6 Å². The summed E-state index contributed by atoms with van der Waals surface area (Å²) in [5.41, 5.74) is 1.56. The number of imide groups is 1. The van der Waals surface area contributed by atoms with Crippen LogP contribution < -0.4 is 14.8 Å². The van der Waals surface area contributed by atoms with E-state index in [1.807, 2.05) is 6.92 Å². The van der Waals surface area contributed by atoms with Gasteiger partial charge in [0.25, 0.3) is 11.8 Å². The first-order chi connectivity index (χ1) is 15.0. The first kappa shape index (κ1) is 22.7. The van der Waals surface area contributed by atoms with Crippen molar-refractivity contribution in [3.8, 4) is 11.5 Å². The number of halogens is 1. The van der Waals surface area contributed by atoms with Crippen LogP contribution in [0.25, 0.3) is 5.57 Å². The van der Waals surface area contributed by atoms with E-state index >= 15 is 0 Å². The van der Waals surface area contributed by atoms with E-state index in [2.05, 4.69) is 5.32 Å². The Kier molecular flexibility index (Phi) is 7.55. The Bertz CT molecular complexity index is 988. The van der Waals surface area contributed by atoms with Crippen molar-refractivity contribution >= 4 is 34.7 Å². The maximum absolute atomic E-state index is 13.2. The number of benzene rings is 2. The maximum atomic E-state index is 13.2. The van der Waals surface area contributed by atoms with Gasteiger partial charge in [-0.1, -0.05) is 23.7 Å². The second kappa shape index (κ2) is 10.3. The lowest BCUT2D eigenvalue weighted by Gasteiger charge is -2.16. The van der Waals surface area contributed by atoms with Gasteiger partial charge in [-0.3, -0.25) is 14.5 Å². The van der Waals surface area contributed by atoms with Gasteiger partial charge in [0.15, 0.2) is 0 Å². The van der Waals surface area contributed by atoms with Crippen LogP contribution in [-0.2, 0) is 14.3 Å². The van der Waals surface area contributed by atoms with E-state index in [9.17, 15) is 9.59 Å². The van der Waals surface area contributed by atoms with E-state index in [0.29, 0.717) is 47.4 Å². The Morgan fingerprint density at radius 2 is 1.74 bits per heavy atom. The van der Waals surface area contributed by atoms with Gasteiger partial charge in [0.1, 0.15) is 17.2 Å². The summed E-state index contributed by atoms with van der Waals surface area (Å²) >= 11 is 6.14. The van der Waals surface area contributed by atoms with E-state index in [-0.39, 0.29) is 23.7 Å². The Morgan fingerprint density at radius 3 is 2.39 bits per heavy atom. The molecule has 1 aliphatic rings. The molecule has 31 heavy (non-hydrogen) atoms. The van der Waals surface area contributed by atoms with Gasteiger partial charge in [0.05, 0.1) is 25.5 Å². The highest BCUT2D eigenvalue weighted by Gasteiger charge is 2.39. The quantitative estimate of drug-likeness (QED) is 0.441. The largest absolute Gasteiger partial charge is 0.497 e. The third-order valence-corrected chi connectivity index (χ3v) is 5.08. The molecule has 3 rings (SSSR count). The number of methoxy groups -OCH3 is 2. The lowest BCUT2D eigenvalue weighted by Crippen LogP contribution is -2.34. The maximum Gasteiger partial charge on any atom is 0.278 e. The highest BCUT2D eigenvalue weighted by atomic mass is 35.5. The molecule has 0 aromatic heterocycles. The first-order valence-corrected chi connectivity index (χ1v) is 10.3. The van der Waals surface area contributed by atoms with Crippen LogP contribution in [0.2, 0.25) is 5.02 Å². The molecular formula is C23H25ClN2O5. The van der Waals surface area contributed by atoms with Gasteiger partial charge in [-0.05, 0) is 49.2 Å². The van der Waals surface area contributed by atoms with Crippen molar-refractivity contribution < 1.29 is 23.8 Å². The van der Waals surface area contributed by atoms with Crippen LogP contribution in [0.5, 0.6) is 11.5 Å². The number of nitrogens with zero attached hydrogens (tertiary/aromatic N) is 1. The molecule has 2 aromatic carbocycles. The van der Waals surface area contributed by atoms with E-state index in [1.165, 1.54) is 12.0 Å². The third kappa shape index (κ3) is 5.00. The number of rotatable bonds is 10. The molecule has 164 valence electrons. The molecule has 0 fully saturated rings. The number of hydrogen-bond donors (Lipinski definition) is 1. The minimum absolute atomic E-state index is 0.173. The molecule has 0 saturated heterocycles. The molecular weight excluding hydrogens is 420 g/mol. The standard InChI is InChI=1S/C23H25ClN2O5/c1-4-31-13-5-12-26-22(27)20(15-6-9-17(29-2)10-7-15)21(23(26)28)25-18-14-16(24)8-11-19(18)30-3/h6-11,14,25H,4-5,12-13H2,1-3H3. The van der Waals surface area contributed by atoms with E-state index in [4.69, 9.17) is 25.8 Å². The Balaban J connectivity index is 1.99. The van der Waals surface area contributed by atoms with Crippen molar-refractivity contribution in [2.24, 2.45) is 0 Å². The van der Waals surface area contributed by atoms with Gasteiger partial charge in [-0.25, -0.2) is 0 Å². The number of nitrogens with one attached hydrogen (secondary N) is 1. The van der Waals surface area contributed by atoms with Crippen molar-refractivity contribution in [2.75, 3.05) is 39.3 Å². The zero-order valence-electron chi connectivity index (χ0n) is 17.7. The zero-order valence-corrected chi connectivity index (χ0v) is 18.5. The Morgan fingerprint density at radius 1 is 1.00 bits per heavy atom. The number of carbonyl (C=O) groups is 2. The summed E-state index contributed by atoms with van der Waals surface area (Å²) in [5, 5.41) is 3.56. The van der Waals surface area contributed by atoms with Gasteiger partial charge in [-0.2, -0.15) is 0 Å². The summed E-state index contributed by atoms with van der Waals surface area (Å²) in [7, 11) is 3.09. The highest BCUT2D eigenvalue weighted by Crippen LogP contribution is 2.35. The van der Waals surface area contributed by atoms with Crippen molar-refractivity contribution in [1.29, 1.82) is 0 Å². The Hall–Kier alpha value is -3.03. The van der Waals surface area contributed by atoms with Crippen LogP contribution in [-0.4, -0.2) is 50.7 Å². The van der Waals surface area contributed by atoms with E-state index < -0.39 is 5.91 Å². The molecule has 0 aliphatic carbocycles. The predicted octanol–water partition coefficient (Wildman–Crippen LogP) is 3.98. The lowest BCUT2D eigenvalue weighted by atomic mass is 10.0. The molecule has 8 heteroatoms. The summed E-state index contributed by atoms with van der Waals surface area (Å²) in [6, 6.07) is 12.0. The molecule has 2 amide bonds. The van der Waals surface area contributed by atoms with Gasteiger partial charge in [0.2, 0.25) is 0 Å². The number of ether oxygens (including phenoxy) is 3. The van der Waals surface area contributed by atoms with E-state index in [0.717, 1.165) is 0 Å². The minimum Gasteiger partial charge on any atom is -0.497 e. The summed E-state index contributed by atoms with van der Waals surface area (Å²) in [4.78, 5) is 27.7. The molecule has 0 spiro atoms. The van der Waals surface area contributed by atoms with Gasteiger partial charge < -0.3 is 19.5 Å². The fourth-order valence-corrected chi connectivity index (χ4v) is 3.47. The smallest absolute Gasteiger partial charge is 0.278 e. The molecule has 1 N–H and O–H groups in total. The minimum atomic E-state index is -0.408. The average Bonchev–Trinajstić information content (AvgIpc) is 3.01. The topological polar surface area (TPSA) is 77.1 Å². The van der Waals surface area contributed by atoms with Crippen molar-refractivity contribution in [3.05, 3.63) is 58.7 Å². The molecule has 2 aromatic rings. The fraction of sp³-hybridized carbons (Fsp3) is 0.304. The van der Waals surface area contributed by atoms with Crippen molar-refractivity contribution in [2.45, 2.75) is 13.3 Å². The van der Waals surface area contributed by atoms with Gasteiger partial charge in [0, 0.05) is 24.8 Å². The number of amides is 2. The van der Waals surface area contributed by atoms with Crippen molar-refractivity contribution in [1.82, 2.24) is 4.90 Å². The van der Waals surface area contributed by atoms with Gasteiger partial charge >= 0.3 is 0 Å². The number of hydrogen-bond acceptors (Lipinski definition) is 6. The van der Waals surface area contributed by atoms with Crippen LogP contribution in [0.15, 0.2) is 48.2 Å².